The van der Waals surface area contributed by atoms with Gasteiger partial charge in [0.05, 0.1) is 15.9 Å². The van der Waals surface area contributed by atoms with Gasteiger partial charge in [-0.25, -0.2) is 8.42 Å². The fraction of sp³-hybridized carbons (Fsp3) is 0.435. The molecule has 0 spiro atoms. The number of amides is 1. The molecule has 1 N–H and O–H groups in total. The van der Waals surface area contributed by atoms with Gasteiger partial charge in [-0.05, 0) is 49.4 Å². The van der Waals surface area contributed by atoms with Crippen molar-refractivity contribution in [1.29, 1.82) is 0 Å². The van der Waals surface area contributed by atoms with Gasteiger partial charge in [0, 0.05) is 19.2 Å². The Morgan fingerprint density at radius 1 is 1.24 bits per heavy atom. The van der Waals surface area contributed by atoms with Crippen molar-refractivity contribution in [2.24, 2.45) is 0 Å². The molecule has 0 aromatic heterocycles. The van der Waals surface area contributed by atoms with Crippen molar-refractivity contribution in [3.05, 3.63) is 63.7 Å². The zero-order valence-electron chi connectivity index (χ0n) is 19.0. The number of nitrogens with one attached hydrogen (secondary N) is 1. The molecule has 2 aromatic carbocycles. The van der Waals surface area contributed by atoms with Crippen LogP contribution >= 0.6 is 0 Å². The minimum atomic E-state index is -3.87. The summed E-state index contributed by atoms with van der Waals surface area (Å²) >= 11 is 0. The molecule has 33 heavy (non-hydrogen) atoms. The van der Waals surface area contributed by atoms with Gasteiger partial charge in [-0.1, -0.05) is 38.1 Å². The minimum Gasteiger partial charge on any atom is -0.474 e. The van der Waals surface area contributed by atoms with Crippen LogP contribution in [0, 0.1) is 10.1 Å². The highest BCUT2D eigenvalue weighted by atomic mass is 32.2. The molecule has 1 aliphatic rings. The number of nitro groups is 1. The molecule has 2 aromatic rings. The topological polar surface area (TPSA) is 119 Å². The number of nitro benzene ring substituents is 1. The lowest BCUT2D eigenvalue weighted by Crippen LogP contribution is -2.39. The summed E-state index contributed by atoms with van der Waals surface area (Å²) in [4.78, 5) is 23.5. The number of nitrogens with zero attached hydrogens (tertiary/aromatic N) is 2. The van der Waals surface area contributed by atoms with Crippen molar-refractivity contribution in [3.8, 4) is 5.75 Å². The van der Waals surface area contributed by atoms with Gasteiger partial charge in [0.1, 0.15) is 0 Å². The van der Waals surface area contributed by atoms with Gasteiger partial charge < -0.3 is 10.1 Å². The number of hydrogen-bond acceptors (Lipinski definition) is 6. The van der Waals surface area contributed by atoms with Crippen LogP contribution in [0.15, 0.2) is 47.4 Å². The van der Waals surface area contributed by atoms with E-state index in [1.807, 2.05) is 24.3 Å². The monoisotopic (exact) mass is 475 g/mol. The lowest BCUT2D eigenvalue weighted by atomic mass is 9.87. The average Bonchev–Trinajstić information content (AvgIpc) is 2.79. The second-order valence-corrected chi connectivity index (χ2v) is 9.83. The lowest BCUT2D eigenvalue weighted by molar-refractivity contribution is -0.386. The quantitative estimate of drug-likeness (QED) is 0.437. The van der Waals surface area contributed by atoms with Crippen molar-refractivity contribution < 1.29 is 22.9 Å². The van der Waals surface area contributed by atoms with Crippen molar-refractivity contribution in [2.75, 3.05) is 13.1 Å². The van der Waals surface area contributed by atoms with E-state index in [2.05, 4.69) is 5.32 Å². The Kier molecular flexibility index (Phi) is 7.70. The van der Waals surface area contributed by atoms with Crippen LogP contribution in [0.5, 0.6) is 5.75 Å². The Balaban J connectivity index is 1.79. The number of aryl methyl sites for hydroxylation is 1. The van der Waals surface area contributed by atoms with Gasteiger partial charge in [-0.15, -0.1) is 0 Å². The molecule has 0 saturated carbocycles. The third-order valence-corrected chi connectivity index (χ3v) is 7.88. The molecule has 0 bridgehead atoms. The van der Waals surface area contributed by atoms with E-state index in [9.17, 15) is 23.3 Å². The van der Waals surface area contributed by atoms with Gasteiger partial charge in [-0.2, -0.15) is 4.31 Å². The molecule has 0 aliphatic heterocycles. The SMILES string of the molecule is CCN(CC)S(=O)(=O)c1ccc(O[C@@H](C)C(=O)N[C@H]2CCCc3ccccc32)c([N+](=O)[O-])c1. The first-order valence-corrected chi connectivity index (χ1v) is 12.5. The lowest BCUT2D eigenvalue weighted by Gasteiger charge is -2.27. The molecule has 2 atom stereocenters. The predicted octanol–water partition coefficient (Wildman–Crippen LogP) is 3.59. The molecule has 1 amide bonds. The van der Waals surface area contributed by atoms with Crippen LogP contribution in [-0.2, 0) is 21.2 Å². The van der Waals surface area contributed by atoms with Crippen LogP contribution in [-0.4, -0.2) is 42.7 Å². The standard InChI is InChI=1S/C23H29N3O6S/c1-4-25(5-2)33(30,31)18-13-14-22(21(15-18)26(28)29)32-16(3)23(27)24-20-12-8-10-17-9-6-7-11-19(17)20/h6-7,9,11,13-16,20H,4-5,8,10,12H2,1-3H3,(H,24,27)/t16-,20-/m0/s1. The summed E-state index contributed by atoms with van der Waals surface area (Å²) in [5.41, 5.74) is 1.76. The summed E-state index contributed by atoms with van der Waals surface area (Å²) in [5, 5.41) is 14.6. The van der Waals surface area contributed by atoms with Gasteiger partial charge in [0.2, 0.25) is 10.0 Å². The predicted molar refractivity (Wildman–Crippen MR) is 124 cm³/mol. The van der Waals surface area contributed by atoms with Gasteiger partial charge in [-0.3, -0.25) is 14.9 Å². The maximum Gasteiger partial charge on any atom is 0.312 e. The van der Waals surface area contributed by atoms with Crippen LogP contribution < -0.4 is 10.1 Å². The number of carbonyl (C=O) groups is 1. The molecule has 178 valence electrons. The number of hydrogen-bond donors (Lipinski definition) is 1. The number of rotatable bonds is 9. The van der Waals surface area contributed by atoms with Gasteiger partial charge in [0.15, 0.2) is 11.9 Å². The summed E-state index contributed by atoms with van der Waals surface area (Å²) in [6, 6.07) is 11.3. The van der Waals surface area contributed by atoms with E-state index in [-0.39, 0.29) is 29.8 Å². The minimum absolute atomic E-state index is 0.148. The Hall–Kier alpha value is -2.98. The molecular weight excluding hydrogens is 446 g/mol. The van der Waals surface area contributed by atoms with E-state index >= 15 is 0 Å². The van der Waals surface area contributed by atoms with Crippen molar-refractivity contribution in [1.82, 2.24) is 9.62 Å². The molecule has 3 rings (SSSR count). The van der Waals surface area contributed by atoms with Gasteiger partial charge >= 0.3 is 5.69 Å². The fourth-order valence-corrected chi connectivity index (χ4v) is 5.53. The number of benzene rings is 2. The zero-order valence-corrected chi connectivity index (χ0v) is 19.8. The van der Waals surface area contributed by atoms with Crippen LogP contribution in [0.25, 0.3) is 0 Å². The first-order chi connectivity index (χ1) is 15.7. The van der Waals surface area contributed by atoms with Crippen molar-refractivity contribution >= 4 is 21.6 Å². The Morgan fingerprint density at radius 3 is 2.61 bits per heavy atom. The van der Waals surface area contributed by atoms with E-state index in [1.54, 1.807) is 13.8 Å². The second kappa shape index (κ2) is 10.3. The third-order valence-electron chi connectivity index (χ3n) is 5.83. The molecule has 0 fully saturated rings. The number of ether oxygens (including phenoxy) is 1. The summed E-state index contributed by atoms with van der Waals surface area (Å²) in [5.74, 6) is -0.559. The summed E-state index contributed by atoms with van der Waals surface area (Å²) < 4.78 is 32.3. The molecule has 0 radical (unpaired) electrons. The van der Waals surface area contributed by atoms with Crippen molar-refractivity contribution in [3.63, 3.8) is 0 Å². The molecule has 0 unspecified atom stereocenters. The molecule has 0 heterocycles. The normalized spacial score (nSPS) is 16.7. The molecule has 9 nitrogen and oxygen atoms in total. The zero-order chi connectivity index (χ0) is 24.2. The maximum absolute atomic E-state index is 12.8. The van der Waals surface area contributed by atoms with E-state index in [0.29, 0.717) is 0 Å². The van der Waals surface area contributed by atoms with Crippen LogP contribution in [0.2, 0.25) is 0 Å². The van der Waals surface area contributed by atoms with Gasteiger partial charge in [0.25, 0.3) is 5.91 Å². The summed E-state index contributed by atoms with van der Waals surface area (Å²) in [7, 11) is -3.87. The van der Waals surface area contributed by atoms with E-state index in [4.69, 9.17) is 4.74 Å². The Morgan fingerprint density at radius 2 is 1.94 bits per heavy atom. The number of fused-ring (bicyclic) bond motifs is 1. The van der Waals surface area contributed by atoms with E-state index in [1.165, 1.54) is 28.9 Å². The average molecular weight is 476 g/mol. The highest BCUT2D eigenvalue weighted by molar-refractivity contribution is 7.89. The number of sulfonamides is 1. The maximum atomic E-state index is 12.8. The van der Waals surface area contributed by atoms with E-state index in [0.717, 1.165) is 30.9 Å². The third kappa shape index (κ3) is 5.33. The number of carbonyl (C=O) groups excluding carboxylic acids is 1. The van der Waals surface area contributed by atoms with E-state index < -0.39 is 32.6 Å². The highest BCUT2D eigenvalue weighted by Gasteiger charge is 2.29. The van der Waals surface area contributed by atoms with Crippen molar-refractivity contribution in [2.45, 2.75) is 57.1 Å². The van der Waals surface area contributed by atoms with Crippen LogP contribution in [0.3, 0.4) is 0 Å². The fourth-order valence-electron chi connectivity index (χ4n) is 4.05. The highest BCUT2D eigenvalue weighted by Crippen LogP contribution is 2.32. The summed E-state index contributed by atoms with van der Waals surface area (Å²) in [6.45, 7) is 5.38. The molecular formula is C23H29N3O6S. The van der Waals surface area contributed by atoms with Crippen LogP contribution in [0.4, 0.5) is 5.69 Å². The largest absolute Gasteiger partial charge is 0.474 e. The first kappa shape index (κ1) is 24.7. The Labute approximate surface area is 193 Å². The molecule has 10 heteroatoms. The van der Waals surface area contributed by atoms with Crippen LogP contribution in [0.1, 0.15) is 50.8 Å². The molecule has 0 saturated heterocycles. The molecule has 1 aliphatic carbocycles. The summed E-state index contributed by atoms with van der Waals surface area (Å²) in [6.07, 6.45) is 1.70. The Bertz CT molecular complexity index is 1130. The second-order valence-electron chi connectivity index (χ2n) is 7.89. The smallest absolute Gasteiger partial charge is 0.312 e. The first-order valence-electron chi connectivity index (χ1n) is 11.0.